The first kappa shape index (κ1) is 14.7. The molecule has 6 heteroatoms. The Balaban J connectivity index is 2.64. The number of hydrogen-bond acceptors (Lipinski definition) is 4. The summed E-state index contributed by atoms with van der Waals surface area (Å²) in [5.41, 5.74) is 6.93. The van der Waals surface area contributed by atoms with E-state index in [2.05, 4.69) is 5.32 Å². The highest BCUT2D eigenvalue weighted by Gasteiger charge is 2.15. The molecule has 0 atom stereocenters. The highest BCUT2D eigenvalue weighted by Crippen LogP contribution is 2.10. The SMILES string of the molecule is CCCS(=O)(=O)CC(=O)Nc1cccc(CN)c1. The Bertz CT molecular complexity index is 512. The molecule has 0 heterocycles. The molecule has 0 spiro atoms. The molecule has 3 N–H and O–H groups in total. The molecule has 0 aliphatic heterocycles. The quantitative estimate of drug-likeness (QED) is 0.804. The van der Waals surface area contributed by atoms with Crippen molar-refractivity contribution >= 4 is 21.4 Å². The van der Waals surface area contributed by atoms with Gasteiger partial charge in [0.1, 0.15) is 5.75 Å². The fraction of sp³-hybridized carbons (Fsp3) is 0.417. The summed E-state index contributed by atoms with van der Waals surface area (Å²) in [7, 11) is -3.30. The summed E-state index contributed by atoms with van der Waals surface area (Å²) < 4.78 is 22.9. The van der Waals surface area contributed by atoms with Gasteiger partial charge in [-0.05, 0) is 24.1 Å². The van der Waals surface area contributed by atoms with Crippen LogP contribution in [0.3, 0.4) is 0 Å². The molecule has 100 valence electrons. The average molecular weight is 270 g/mol. The lowest BCUT2D eigenvalue weighted by Gasteiger charge is -2.07. The van der Waals surface area contributed by atoms with Crippen molar-refractivity contribution in [2.45, 2.75) is 19.9 Å². The summed E-state index contributed by atoms with van der Waals surface area (Å²) in [6.45, 7) is 2.14. The minimum atomic E-state index is -3.30. The zero-order valence-electron chi connectivity index (χ0n) is 10.3. The van der Waals surface area contributed by atoms with Crippen molar-refractivity contribution in [1.29, 1.82) is 0 Å². The van der Waals surface area contributed by atoms with Crippen molar-refractivity contribution in [1.82, 2.24) is 0 Å². The number of amides is 1. The van der Waals surface area contributed by atoms with E-state index in [9.17, 15) is 13.2 Å². The topological polar surface area (TPSA) is 89.3 Å². The zero-order valence-corrected chi connectivity index (χ0v) is 11.2. The molecule has 0 aromatic heterocycles. The summed E-state index contributed by atoms with van der Waals surface area (Å²) in [5.74, 6) is -0.964. The molecule has 0 fully saturated rings. The van der Waals surface area contributed by atoms with E-state index in [0.29, 0.717) is 18.7 Å². The number of benzene rings is 1. The highest BCUT2D eigenvalue weighted by molar-refractivity contribution is 7.92. The van der Waals surface area contributed by atoms with E-state index in [0.717, 1.165) is 5.56 Å². The van der Waals surface area contributed by atoms with E-state index in [1.54, 1.807) is 25.1 Å². The number of carbonyl (C=O) groups excluding carboxylic acids is 1. The second kappa shape index (κ2) is 6.51. The standard InChI is InChI=1S/C12H18N2O3S/c1-2-6-18(16,17)9-12(15)14-11-5-3-4-10(7-11)8-13/h3-5,7H,2,6,8-9,13H2,1H3,(H,14,15). The summed E-state index contributed by atoms with van der Waals surface area (Å²) in [6.07, 6.45) is 0.512. The molecule has 0 radical (unpaired) electrons. The van der Waals surface area contributed by atoms with Gasteiger partial charge in [0, 0.05) is 12.2 Å². The Morgan fingerprint density at radius 1 is 1.39 bits per heavy atom. The van der Waals surface area contributed by atoms with E-state index < -0.39 is 21.5 Å². The van der Waals surface area contributed by atoms with Crippen molar-refractivity contribution in [3.63, 3.8) is 0 Å². The molecule has 5 nitrogen and oxygen atoms in total. The third-order valence-corrected chi connectivity index (χ3v) is 4.04. The van der Waals surface area contributed by atoms with Crippen LogP contribution in [0.25, 0.3) is 0 Å². The minimum absolute atomic E-state index is 0.0310. The largest absolute Gasteiger partial charge is 0.326 e. The maximum absolute atomic E-state index is 11.6. The zero-order chi connectivity index (χ0) is 13.6. The monoisotopic (exact) mass is 270 g/mol. The summed E-state index contributed by atoms with van der Waals surface area (Å²) in [6, 6.07) is 7.02. The maximum Gasteiger partial charge on any atom is 0.239 e. The third-order valence-electron chi connectivity index (χ3n) is 2.31. The van der Waals surface area contributed by atoms with Gasteiger partial charge in [-0.25, -0.2) is 8.42 Å². The van der Waals surface area contributed by atoms with Gasteiger partial charge in [-0.2, -0.15) is 0 Å². The molecule has 1 aromatic carbocycles. The van der Waals surface area contributed by atoms with E-state index >= 15 is 0 Å². The second-order valence-electron chi connectivity index (χ2n) is 4.04. The predicted molar refractivity (Wildman–Crippen MR) is 71.9 cm³/mol. The van der Waals surface area contributed by atoms with Gasteiger partial charge >= 0.3 is 0 Å². The minimum Gasteiger partial charge on any atom is -0.326 e. The van der Waals surface area contributed by atoms with Gasteiger partial charge in [0.15, 0.2) is 9.84 Å². The fourth-order valence-corrected chi connectivity index (χ4v) is 2.79. The lowest BCUT2D eigenvalue weighted by atomic mass is 10.2. The van der Waals surface area contributed by atoms with Crippen molar-refractivity contribution in [2.75, 3.05) is 16.8 Å². The fourth-order valence-electron chi connectivity index (χ4n) is 1.56. The highest BCUT2D eigenvalue weighted by atomic mass is 32.2. The van der Waals surface area contributed by atoms with Crippen molar-refractivity contribution < 1.29 is 13.2 Å². The average Bonchev–Trinajstić information content (AvgIpc) is 2.28. The molecule has 0 saturated heterocycles. The van der Waals surface area contributed by atoms with Crippen LogP contribution >= 0.6 is 0 Å². The molecule has 0 saturated carbocycles. The Kier molecular flexibility index (Phi) is 5.30. The van der Waals surface area contributed by atoms with Crippen LogP contribution in [0.15, 0.2) is 24.3 Å². The van der Waals surface area contributed by atoms with Gasteiger partial charge in [0.05, 0.1) is 5.75 Å². The van der Waals surface area contributed by atoms with Gasteiger partial charge in [-0.1, -0.05) is 19.1 Å². The Morgan fingerprint density at radius 3 is 2.72 bits per heavy atom. The Morgan fingerprint density at radius 2 is 2.11 bits per heavy atom. The van der Waals surface area contributed by atoms with E-state index in [-0.39, 0.29) is 5.75 Å². The van der Waals surface area contributed by atoms with Crippen molar-refractivity contribution in [2.24, 2.45) is 5.73 Å². The number of sulfone groups is 1. The molecule has 0 aliphatic rings. The Labute approximate surface area is 107 Å². The number of carbonyl (C=O) groups is 1. The van der Waals surface area contributed by atoms with E-state index in [1.165, 1.54) is 0 Å². The van der Waals surface area contributed by atoms with Crippen molar-refractivity contribution in [3.05, 3.63) is 29.8 Å². The normalized spacial score (nSPS) is 11.2. The number of nitrogens with two attached hydrogens (primary N) is 1. The lowest BCUT2D eigenvalue weighted by molar-refractivity contribution is -0.113. The van der Waals surface area contributed by atoms with Crippen LogP contribution < -0.4 is 11.1 Å². The molecule has 0 bridgehead atoms. The van der Waals surface area contributed by atoms with Crippen molar-refractivity contribution in [3.8, 4) is 0 Å². The molecular formula is C12H18N2O3S. The molecule has 0 unspecified atom stereocenters. The summed E-state index contributed by atoms with van der Waals surface area (Å²) in [5, 5.41) is 2.56. The number of hydrogen-bond donors (Lipinski definition) is 2. The van der Waals surface area contributed by atoms with E-state index in [1.807, 2.05) is 6.07 Å². The van der Waals surface area contributed by atoms with Gasteiger partial charge in [-0.3, -0.25) is 4.79 Å². The van der Waals surface area contributed by atoms with Crippen LogP contribution in [-0.4, -0.2) is 25.8 Å². The molecule has 1 aromatic rings. The van der Waals surface area contributed by atoms with Crippen LogP contribution in [0.4, 0.5) is 5.69 Å². The van der Waals surface area contributed by atoms with Gasteiger partial charge in [0.2, 0.25) is 5.91 Å². The lowest BCUT2D eigenvalue weighted by Crippen LogP contribution is -2.24. The number of anilines is 1. The number of rotatable bonds is 6. The summed E-state index contributed by atoms with van der Waals surface area (Å²) >= 11 is 0. The first-order valence-corrected chi connectivity index (χ1v) is 7.58. The molecule has 1 rings (SSSR count). The molecular weight excluding hydrogens is 252 g/mol. The van der Waals surface area contributed by atoms with Gasteiger partial charge < -0.3 is 11.1 Å². The Hall–Kier alpha value is -1.40. The maximum atomic E-state index is 11.6. The van der Waals surface area contributed by atoms with Crippen LogP contribution in [0, 0.1) is 0 Å². The van der Waals surface area contributed by atoms with Crippen LogP contribution in [-0.2, 0) is 21.2 Å². The first-order valence-electron chi connectivity index (χ1n) is 5.76. The van der Waals surface area contributed by atoms with Crippen LogP contribution in [0.2, 0.25) is 0 Å². The molecule has 18 heavy (non-hydrogen) atoms. The predicted octanol–water partition coefficient (Wildman–Crippen LogP) is 0.909. The van der Waals surface area contributed by atoms with Crippen LogP contribution in [0.1, 0.15) is 18.9 Å². The first-order chi connectivity index (χ1) is 8.46. The molecule has 0 aliphatic carbocycles. The van der Waals surface area contributed by atoms with E-state index in [4.69, 9.17) is 5.73 Å². The smallest absolute Gasteiger partial charge is 0.239 e. The second-order valence-corrected chi connectivity index (χ2v) is 6.23. The number of nitrogens with one attached hydrogen (secondary N) is 1. The van der Waals surface area contributed by atoms with Crippen LogP contribution in [0.5, 0.6) is 0 Å². The third kappa shape index (κ3) is 4.85. The summed E-state index contributed by atoms with van der Waals surface area (Å²) in [4.78, 5) is 11.6. The molecule has 1 amide bonds. The van der Waals surface area contributed by atoms with Gasteiger partial charge in [-0.15, -0.1) is 0 Å². The van der Waals surface area contributed by atoms with Gasteiger partial charge in [0.25, 0.3) is 0 Å².